The second-order valence-electron chi connectivity index (χ2n) is 5.16. The zero-order valence-electron chi connectivity index (χ0n) is 12.4. The highest BCUT2D eigenvalue weighted by molar-refractivity contribution is 7.09. The van der Waals surface area contributed by atoms with Gasteiger partial charge in [-0.15, -0.1) is 11.3 Å². The minimum absolute atomic E-state index is 0.301. The van der Waals surface area contributed by atoms with Crippen molar-refractivity contribution in [3.63, 3.8) is 0 Å². The van der Waals surface area contributed by atoms with Crippen molar-refractivity contribution < 1.29 is 9.47 Å². The van der Waals surface area contributed by atoms with Gasteiger partial charge in [-0.1, -0.05) is 6.92 Å². The SMILES string of the molecule is CCCNC1COc2cc(OCc3csc(C)n3)ccc21. The van der Waals surface area contributed by atoms with Gasteiger partial charge >= 0.3 is 0 Å². The molecule has 1 aliphatic heterocycles. The minimum atomic E-state index is 0.301. The van der Waals surface area contributed by atoms with Crippen LogP contribution in [-0.4, -0.2) is 18.1 Å². The summed E-state index contributed by atoms with van der Waals surface area (Å²) in [6.45, 7) is 6.38. The van der Waals surface area contributed by atoms with Crippen LogP contribution in [0.3, 0.4) is 0 Å². The maximum atomic E-state index is 5.79. The van der Waals surface area contributed by atoms with E-state index in [-0.39, 0.29) is 0 Å². The first-order valence-electron chi connectivity index (χ1n) is 7.30. The van der Waals surface area contributed by atoms with Crippen LogP contribution in [0.25, 0.3) is 0 Å². The molecule has 0 radical (unpaired) electrons. The van der Waals surface area contributed by atoms with E-state index in [9.17, 15) is 0 Å². The standard InChI is InChI=1S/C16H20N2O2S/c1-3-6-17-15-9-20-16-7-13(4-5-14(15)16)19-8-12-10-21-11(2)18-12/h4-5,7,10,15,17H,3,6,8-9H2,1-2H3. The molecule has 2 heterocycles. The summed E-state index contributed by atoms with van der Waals surface area (Å²) in [7, 11) is 0. The summed E-state index contributed by atoms with van der Waals surface area (Å²) in [5.74, 6) is 1.76. The van der Waals surface area contributed by atoms with Crippen molar-refractivity contribution in [1.29, 1.82) is 0 Å². The van der Waals surface area contributed by atoms with Gasteiger partial charge in [0, 0.05) is 17.0 Å². The molecule has 1 aromatic heterocycles. The molecule has 21 heavy (non-hydrogen) atoms. The van der Waals surface area contributed by atoms with E-state index in [1.807, 2.05) is 24.4 Å². The van der Waals surface area contributed by atoms with Gasteiger partial charge < -0.3 is 14.8 Å². The van der Waals surface area contributed by atoms with E-state index < -0.39 is 0 Å². The predicted octanol–water partition coefficient (Wildman–Crippen LogP) is 3.46. The molecule has 5 heteroatoms. The molecule has 1 N–H and O–H groups in total. The Morgan fingerprint density at radius 1 is 1.48 bits per heavy atom. The van der Waals surface area contributed by atoms with E-state index >= 15 is 0 Å². The fourth-order valence-corrected chi connectivity index (χ4v) is 3.00. The highest BCUT2D eigenvalue weighted by Gasteiger charge is 2.23. The average molecular weight is 304 g/mol. The number of thiazole rings is 1. The molecule has 0 saturated heterocycles. The first-order chi connectivity index (χ1) is 10.3. The van der Waals surface area contributed by atoms with Gasteiger partial charge in [0.25, 0.3) is 0 Å². The highest BCUT2D eigenvalue weighted by atomic mass is 32.1. The topological polar surface area (TPSA) is 43.4 Å². The molecule has 1 aromatic carbocycles. The number of benzene rings is 1. The van der Waals surface area contributed by atoms with Gasteiger partial charge in [0.15, 0.2) is 0 Å². The smallest absolute Gasteiger partial charge is 0.131 e. The van der Waals surface area contributed by atoms with Crippen molar-refractivity contribution in [3.8, 4) is 11.5 Å². The summed E-state index contributed by atoms with van der Waals surface area (Å²) in [5.41, 5.74) is 2.20. The van der Waals surface area contributed by atoms with Crippen LogP contribution in [0.4, 0.5) is 0 Å². The summed E-state index contributed by atoms with van der Waals surface area (Å²) >= 11 is 1.64. The van der Waals surface area contributed by atoms with Crippen LogP contribution in [0.5, 0.6) is 11.5 Å². The summed E-state index contributed by atoms with van der Waals surface area (Å²) in [5, 5.41) is 6.59. The predicted molar refractivity (Wildman–Crippen MR) is 84.2 cm³/mol. The summed E-state index contributed by atoms with van der Waals surface area (Å²) in [6, 6.07) is 6.38. The largest absolute Gasteiger partial charge is 0.491 e. The molecule has 0 fully saturated rings. The quantitative estimate of drug-likeness (QED) is 0.887. The zero-order valence-corrected chi connectivity index (χ0v) is 13.2. The Hall–Kier alpha value is -1.59. The Labute approximate surface area is 129 Å². The normalized spacial score (nSPS) is 16.6. The summed E-state index contributed by atoms with van der Waals surface area (Å²) in [4.78, 5) is 4.40. The third-order valence-electron chi connectivity index (χ3n) is 3.46. The molecule has 0 bridgehead atoms. The molecular formula is C16H20N2O2S. The van der Waals surface area contributed by atoms with Gasteiger partial charge in [-0.05, 0) is 32.0 Å². The van der Waals surface area contributed by atoms with Crippen molar-refractivity contribution in [3.05, 3.63) is 39.8 Å². The van der Waals surface area contributed by atoms with E-state index in [1.165, 1.54) is 5.56 Å². The lowest BCUT2D eigenvalue weighted by Gasteiger charge is -2.10. The van der Waals surface area contributed by atoms with Crippen molar-refractivity contribution in [2.75, 3.05) is 13.2 Å². The van der Waals surface area contributed by atoms with Crippen molar-refractivity contribution in [1.82, 2.24) is 10.3 Å². The summed E-state index contributed by atoms with van der Waals surface area (Å²) < 4.78 is 11.5. The van der Waals surface area contributed by atoms with Crippen LogP contribution < -0.4 is 14.8 Å². The fraction of sp³-hybridized carbons (Fsp3) is 0.438. The maximum Gasteiger partial charge on any atom is 0.131 e. The van der Waals surface area contributed by atoms with E-state index in [1.54, 1.807) is 11.3 Å². The number of fused-ring (bicyclic) bond motifs is 1. The fourth-order valence-electron chi connectivity index (χ4n) is 2.40. The van der Waals surface area contributed by atoms with Gasteiger partial charge in [0.05, 0.1) is 16.7 Å². The Morgan fingerprint density at radius 3 is 3.14 bits per heavy atom. The molecule has 3 rings (SSSR count). The first kappa shape index (κ1) is 14.4. The molecule has 112 valence electrons. The Morgan fingerprint density at radius 2 is 2.38 bits per heavy atom. The van der Waals surface area contributed by atoms with Gasteiger partial charge in [-0.2, -0.15) is 0 Å². The third-order valence-corrected chi connectivity index (χ3v) is 4.28. The lowest BCUT2D eigenvalue weighted by atomic mass is 10.1. The molecule has 1 atom stereocenters. The molecular weight excluding hydrogens is 284 g/mol. The third kappa shape index (κ3) is 3.36. The number of hydrogen-bond donors (Lipinski definition) is 1. The second kappa shape index (κ2) is 6.45. The number of nitrogens with one attached hydrogen (secondary N) is 1. The van der Waals surface area contributed by atoms with Gasteiger partial charge in [0.1, 0.15) is 24.7 Å². The minimum Gasteiger partial charge on any atom is -0.491 e. The first-order valence-corrected chi connectivity index (χ1v) is 8.18. The van der Waals surface area contributed by atoms with Gasteiger partial charge in [0.2, 0.25) is 0 Å². The summed E-state index contributed by atoms with van der Waals surface area (Å²) in [6.07, 6.45) is 1.13. The van der Waals surface area contributed by atoms with E-state index in [4.69, 9.17) is 9.47 Å². The number of ether oxygens (including phenoxy) is 2. The van der Waals surface area contributed by atoms with Crippen LogP contribution in [0, 0.1) is 6.92 Å². The molecule has 2 aromatic rings. The molecule has 4 nitrogen and oxygen atoms in total. The van der Waals surface area contributed by atoms with Crippen LogP contribution >= 0.6 is 11.3 Å². The van der Waals surface area contributed by atoms with Crippen LogP contribution in [0.15, 0.2) is 23.6 Å². The Bertz CT molecular complexity index is 612. The lowest BCUT2D eigenvalue weighted by Crippen LogP contribution is -2.22. The van der Waals surface area contributed by atoms with Crippen molar-refractivity contribution in [2.45, 2.75) is 32.9 Å². The number of aromatic nitrogens is 1. The molecule has 0 saturated carbocycles. The average Bonchev–Trinajstić information content (AvgIpc) is 3.09. The molecule has 1 unspecified atom stereocenters. The zero-order chi connectivity index (χ0) is 14.7. The molecule has 1 aliphatic rings. The van der Waals surface area contributed by atoms with Crippen LogP contribution in [0.2, 0.25) is 0 Å². The number of hydrogen-bond acceptors (Lipinski definition) is 5. The number of aryl methyl sites for hydroxylation is 1. The second-order valence-corrected chi connectivity index (χ2v) is 6.23. The van der Waals surface area contributed by atoms with E-state index in [0.29, 0.717) is 19.3 Å². The van der Waals surface area contributed by atoms with Crippen molar-refractivity contribution in [2.24, 2.45) is 0 Å². The van der Waals surface area contributed by atoms with Crippen LogP contribution in [-0.2, 0) is 6.61 Å². The highest BCUT2D eigenvalue weighted by Crippen LogP contribution is 2.35. The lowest BCUT2D eigenvalue weighted by molar-refractivity contribution is 0.294. The number of rotatable bonds is 6. The monoisotopic (exact) mass is 304 g/mol. The van der Waals surface area contributed by atoms with Gasteiger partial charge in [-0.3, -0.25) is 0 Å². The van der Waals surface area contributed by atoms with Gasteiger partial charge in [-0.25, -0.2) is 4.98 Å². The van der Waals surface area contributed by atoms with Crippen LogP contribution in [0.1, 0.15) is 35.7 Å². The Kier molecular flexibility index (Phi) is 4.41. The van der Waals surface area contributed by atoms with E-state index in [0.717, 1.165) is 35.2 Å². The van der Waals surface area contributed by atoms with Crippen molar-refractivity contribution >= 4 is 11.3 Å². The molecule has 0 spiro atoms. The molecule has 0 aliphatic carbocycles. The number of nitrogens with zero attached hydrogens (tertiary/aromatic N) is 1. The maximum absolute atomic E-state index is 5.79. The Balaban J connectivity index is 1.64. The molecule has 0 amide bonds. The van der Waals surface area contributed by atoms with E-state index in [2.05, 4.69) is 23.3 Å².